The molecule has 42 heavy (non-hydrogen) atoms. The first-order chi connectivity index (χ1) is 20.3. The molecule has 218 valence electrons. The van der Waals surface area contributed by atoms with E-state index in [1.165, 1.54) is 0 Å². The Morgan fingerprint density at radius 3 is 2.48 bits per heavy atom. The number of benzene rings is 2. The average Bonchev–Trinajstić information content (AvgIpc) is 3.41. The maximum Gasteiger partial charge on any atom is 0.289 e. The van der Waals surface area contributed by atoms with E-state index in [9.17, 15) is 24.0 Å². The Morgan fingerprint density at radius 2 is 1.76 bits per heavy atom. The fraction of sp³-hybridized carbons (Fsp3) is 0.406. The summed E-state index contributed by atoms with van der Waals surface area (Å²) in [5.41, 5.74) is 2.09. The molecular weight excluding hydrogens is 534 g/mol. The summed E-state index contributed by atoms with van der Waals surface area (Å²) in [5, 5.41) is 9.11. The molecule has 1 aliphatic carbocycles. The van der Waals surface area contributed by atoms with Crippen molar-refractivity contribution in [1.29, 1.82) is 0 Å². The minimum atomic E-state index is -1.19. The van der Waals surface area contributed by atoms with Crippen LogP contribution < -0.4 is 16.0 Å². The number of Topliss-reactive ketones (excluding diaryl/α,β-unsaturated/α-hetero) is 1. The van der Waals surface area contributed by atoms with Crippen molar-refractivity contribution in [3.05, 3.63) is 71.9 Å². The number of H-pyrrole nitrogens is 1. The largest absolute Gasteiger partial charge is 0.356 e. The van der Waals surface area contributed by atoms with Gasteiger partial charge in [0.2, 0.25) is 17.6 Å². The van der Waals surface area contributed by atoms with Crippen molar-refractivity contribution in [2.45, 2.75) is 57.2 Å². The molecule has 0 unspecified atom stereocenters. The summed E-state index contributed by atoms with van der Waals surface area (Å²) in [6, 6.07) is 16.6. The number of carbonyl (C=O) groups is 5. The number of fused-ring (bicyclic) bond motifs is 1. The molecule has 3 heterocycles. The van der Waals surface area contributed by atoms with Crippen LogP contribution >= 0.6 is 0 Å². The molecular formula is C32H35N5O5. The highest BCUT2D eigenvalue weighted by Gasteiger charge is 2.51. The first kappa shape index (κ1) is 27.7. The van der Waals surface area contributed by atoms with Gasteiger partial charge in [0, 0.05) is 36.5 Å². The van der Waals surface area contributed by atoms with E-state index in [-0.39, 0.29) is 30.2 Å². The number of hydrogen-bond acceptors (Lipinski definition) is 5. The van der Waals surface area contributed by atoms with Crippen LogP contribution in [-0.2, 0) is 25.7 Å². The molecule has 1 spiro atoms. The van der Waals surface area contributed by atoms with Gasteiger partial charge >= 0.3 is 0 Å². The van der Waals surface area contributed by atoms with Gasteiger partial charge in [-0.3, -0.25) is 24.0 Å². The fourth-order valence-electron chi connectivity index (χ4n) is 6.26. The predicted molar refractivity (Wildman–Crippen MR) is 155 cm³/mol. The van der Waals surface area contributed by atoms with Gasteiger partial charge in [-0.2, -0.15) is 0 Å². The molecule has 4 N–H and O–H groups in total. The first-order valence-electron chi connectivity index (χ1n) is 14.6. The van der Waals surface area contributed by atoms with E-state index in [2.05, 4.69) is 20.9 Å². The van der Waals surface area contributed by atoms with Crippen molar-refractivity contribution in [2.75, 3.05) is 13.1 Å². The van der Waals surface area contributed by atoms with E-state index in [1.807, 2.05) is 54.6 Å². The number of aromatic amines is 1. The van der Waals surface area contributed by atoms with Crippen LogP contribution in [0.25, 0.3) is 10.9 Å². The first-order valence-corrected chi connectivity index (χ1v) is 14.6. The van der Waals surface area contributed by atoms with Crippen LogP contribution in [0.15, 0.2) is 60.7 Å². The molecule has 3 aliphatic rings. The second-order valence-electron chi connectivity index (χ2n) is 11.8. The zero-order valence-electron chi connectivity index (χ0n) is 23.4. The quantitative estimate of drug-likeness (QED) is 0.293. The van der Waals surface area contributed by atoms with Crippen molar-refractivity contribution in [3.8, 4) is 0 Å². The van der Waals surface area contributed by atoms with Crippen LogP contribution in [0.2, 0.25) is 0 Å². The minimum Gasteiger partial charge on any atom is -0.356 e. The Balaban J connectivity index is 1.21. The van der Waals surface area contributed by atoms with Gasteiger partial charge in [0.05, 0.1) is 6.04 Å². The Kier molecular flexibility index (Phi) is 7.53. The summed E-state index contributed by atoms with van der Waals surface area (Å²) in [7, 11) is 0. The molecule has 3 aromatic rings. The standard InChI is InChI=1S/C32H35N5O5/c38-27(30(41)34-19-20-6-2-1-3-7-20)24(17-22-10-14-33-28(22)39)36-29(40)26-18-32(11-12-32)13-15-37(26)31(42)25-16-21-8-4-5-9-23(21)35-25/h1-9,16,22,24,26,35H,10-15,17-19H2,(H,33,39)(H,34,41)(H,36,40)/t22-,24-,26-/m0/s1. The molecule has 2 aromatic carbocycles. The van der Waals surface area contributed by atoms with Crippen LogP contribution in [0.3, 0.4) is 0 Å². The van der Waals surface area contributed by atoms with Crippen LogP contribution in [0, 0.1) is 11.3 Å². The second kappa shape index (κ2) is 11.4. The molecule has 2 aliphatic heterocycles. The summed E-state index contributed by atoms with van der Waals surface area (Å²) < 4.78 is 0. The summed E-state index contributed by atoms with van der Waals surface area (Å²) >= 11 is 0. The van der Waals surface area contributed by atoms with Gasteiger partial charge in [-0.1, -0.05) is 48.5 Å². The third kappa shape index (κ3) is 5.79. The third-order valence-electron chi connectivity index (χ3n) is 9.00. The van der Waals surface area contributed by atoms with Crippen molar-refractivity contribution in [1.82, 2.24) is 25.8 Å². The molecule has 10 nitrogen and oxygen atoms in total. The highest BCUT2D eigenvalue weighted by atomic mass is 16.2. The number of carbonyl (C=O) groups excluding carboxylic acids is 5. The second-order valence-corrected chi connectivity index (χ2v) is 11.8. The van der Waals surface area contributed by atoms with Gasteiger partial charge in [-0.25, -0.2) is 0 Å². The lowest BCUT2D eigenvalue weighted by Crippen LogP contribution is -2.58. The molecule has 1 saturated carbocycles. The Hall–Kier alpha value is -4.47. The molecule has 6 rings (SSSR count). The SMILES string of the molecule is O=C(NCc1ccccc1)C(=O)[C@H](C[C@@H]1CCNC1=O)NC(=O)[C@@H]1CC2(CCN1C(=O)c1cc3ccccc3[nH]1)CC2. The lowest BCUT2D eigenvalue weighted by Gasteiger charge is -2.39. The number of rotatable bonds is 9. The van der Waals surface area contributed by atoms with E-state index in [1.54, 1.807) is 11.0 Å². The number of piperidine rings is 1. The van der Waals surface area contributed by atoms with Crippen molar-refractivity contribution < 1.29 is 24.0 Å². The zero-order chi connectivity index (χ0) is 29.3. The number of amides is 4. The lowest BCUT2D eigenvalue weighted by molar-refractivity contribution is -0.141. The number of ketones is 1. The number of nitrogens with zero attached hydrogens (tertiary/aromatic N) is 1. The van der Waals surface area contributed by atoms with Gasteiger partial charge in [0.15, 0.2) is 0 Å². The molecule has 0 bridgehead atoms. The number of hydrogen-bond donors (Lipinski definition) is 4. The van der Waals surface area contributed by atoms with E-state index in [0.717, 1.165) is 35.7 Å². The van der Waals surface area contributed by atoms with Crippen LogP contribution in [0.5, 0.6) is 0 Å². The summed E-state index contributed by atoms with van der Waals surface area (Å²) in [5.74, 6) is -3.07. The predicted octanol–water partition coefficient (Wildman–Crippen LogP) is 2.45. The van der Waals surface area contributed by atoms with E-state index < -0.39 is 35.6 Å². The molecule has 0 radical (unpaired) electrons. The van der Waals surface area contributed by atoms with Gasteiger partial charge < -0.3 is 25.8 Å². The monoisotopic (exact) mass is 569 g/mol. The summed E-state index contributed by atoms with van der Waals surface area (Å²) in [6.07, 6.45) is 3.84. The van der Waals surface area contributed by atoms with Crippen LogP contribution in [-0.4, -0.2) is 64.5 Å². The number of para-hydroxylation sites is 1. The van der Waals surface area contributed by atoms with E-state index >= 15 is 0 Å². The molecule has 3 fully saturated rings. The highest BCUT2D eigenvalue weighted by molar-refractivity contribution is 6.38. The van der Waals surface area contributed by atoms with Crippen LogP contribution in [0.4, 0.5) is 0 Å². The average molecular weight is 570 g/mol. The molecule has 3 atom stereocenters. The normalized spacial score (nSPS) is 21.5. The topological polar surface area (TPSA) is 140 Å². The van der Waals surface area contributed by atoms with Crippen LogP contribution in [0.1, 0.15) is 54.6 Å². The van der Waals surface area contributed by atoms with E-state index in [0.29, 0.717) is 31.6 Å². The zero-order valence-corrected chi connectivity index (χ0v) is 23.4. The highest BCUT2D eigenvalue weighted by Crippen LogP contribution is 2.55. The third-order valence-corrected chi connectivity index (χ3v) is 9.00. The van der Waals surface area contributed by atoms with Gasteiger partial charge in [-0.05, 0) is 61.6 Å². The summed E-state index contributed by atoms with van der Waals surface area (Å²) in [4.78, 5) is 71.1. The maximum atomic E-state index is 13.9. The van der Waals surface area contributed by atoms with Gasteiger partial charge in [0.1, 0.15) is 11.7 Å². The van der Waals surface area contributed by atoms with Crippen molar-refractivity contribution in [2.24, 2.45) is 11.3 Å². The van der Waals surface area contributed by atoms with Crippen molar-refractivity contribution in [3.63, 3.8) is 0 Å². The minimum absolute atomic E-state index is 0.0169. The van der Waals surface area contributed by atoms with Crippen molar-refractivity contribution >= 4 is 40.3 Å². The summed E-state index contributed by atoms with van der Waals surface area (Å²) in [6.45, 7) is 1.07. The molecule has 10 heteroatoms. The smallest absolute Gasteiger partial charge is 0.289 e. The Morgan fingerprint density at radius 1 is 1.00 bits per heavy atom. The Bertz CT molecular complexity index is 1500. The number of likely N-dealkylation sites (tertiary alicyclic amines) is 1. The molecule has 2 saturated heterocycles. The Labute approximate surface area is 243 Å². The lowest BCUT2D eigenvalue weighted by atomic mass is 9.86. The molecule has 1 aromatic heterocycles. The molecule has 4 amide bonds. The fourth-order valence-corrected chi connectivity index (χ4v) is 6.26. The van der Waals surface area contributed by atoms with Gasteiger partial charge in [0.25, 0.3) is 11.8 Å². The van der Waals surface area contributed by atoms with Gasteiger partial charge in [-0.15, -0.1) is 0 Å². The number of aromatic nitrogens is 1. The number of nitrogens with one attached hydrogen (secondary N) is 4. The van der Waals surface area contributed by atoms with E-state index in [4.69, 9.17) is 0 Å². The maximum absolute atomic E-state index is 13.9.